The molecule has 5 rings (SSSR count). The van der Waals surface area contributed by atoms with Crippen LogP contribution in [-0.4, -0.2) is 12.5 Å². The van der Waals surface area contributed by atoms with E-state index in [1.165, 1.54) is 50.5 Å². The first-order valence-corrected chi connectivity index (χ1v) is 11.6. The summed E-state index contributed by atoms with van der Waals surface area (Å²) in [5.74, 6) is 2.60. The zero-order valence-corrected chi connectivity index (χ0v) is 17.4. The molecule has 3 aliphatic carbocycles. The van der Waals surface area contributed by atoms with Gasteiger partial charge in [0.05, 0.1) is 0 Å². The number of carbonyl (C=O) groups excluding carboxylic acids is 1. The highest BCUT2D eigenvalue weighted by Crippen LogP contribution is 2.60. The van der Waals surface area contributed by atoms with Gasteiger partial charge in [-0.3, -0.25) is 4.79 Å². The summed E-state index contributed by atoms with van der Waals surface area (Å²) in [7, 11) is 0. The zero-order chi connectivity index (χ0) is 19.7. The van der Waals surface area contributed by atoms with Gasteiger partial charge in [-0.15, -0.1) is 0 Å². The summed E-state index contributed by atoms with van der Waals surface area (Å²) in [5, 5.41) is 3.36. The maximum Gasteiger partial charge on any atom is 0.220 e. The van der Waals surface area contributed by atoms with Crippen molar-refractivity contribution < 1.29 is 4.79 Å². The Balaban J connectivity index is 1.23. The SMILES string of the molecule is O=C(CCc1ccccc1)NC[C@@]12CCC[C@H]1[C@@H]1CCc3ccccc3[C@H]1CC2. The van der Waals surface area contributed by atoms with Gasteiger partial charge in [0.25, 0.3) is 0 Å². The molecule has 2 fully saturated rings. The maximum absolute atomic E-state index is 12.6. The molecule has 4 atom stereocenters. The van der Waals surface area contributed by atoms with Crippen LogP contribution in [0.2, 0.25) is 0 Å². The van der Waals surface area contributed by atoms with Gasteiger partial charge in [0, 0.05) is 13.0 Å². The molecule has 2 heteroatoms. The quantitative estimate of drug-likeness (QED) is 0.704. The number of hydrogen-bond donors (Lipinski definition) is 1. The normalized spacial score (nSPS) is 30.1. The number of rotatable bonds is 5. The average Bonchev–Trinajstić information content (AvgIpc) is 3.21. The molecule has 0 spiro atoms. The molecular weight excluding hydrogens is 354 g/mol. The minimum atomic E-state index is 0.227. The van der Waals surface area contributed by atoms with Gasteiger partial charge < -0.3 is 5.32 Å². The third kappa shape index (κ3) is 3.63. The van der Waals surface area contributed by atoms with E-state index in [1.54, 1.807) is 11.1 Å². The molecule has 2 saturated carbocycles. The second-order valence-electron chi connectivity index (χ2n) is 9.67. The number of aryl methyl sites for hydroxylation is 2. The van der Waals surface area contributed by atoms with Crippen LogP contribution in [0, 0.1) is 17.3 Å². The molecule has 3 aliphatic rings. The molecule has 0 aromatic heterocycles. The molecule has 0 radical (unpaired) electrons. The van der Waals surface area contributed by atoms with Crippen LogP contribution in [0.4, 0.5) is 0 Å². The Morgan fingerprint density at radius 3 is 2.69 bits per heavy atom. The first-order valence-electron chi connectivity index (χ1n) is 11.6. The summed E-state index contributed by atoms with van der Waals surface area (Å²) >= 11 is 0. The fraction of sp³-hybridized carbons (Fsp3) is 0.519. The predicted octanol–water partition coefficient (Wildman–Crippen LogP) is 5.66. The van der Waals surface area contributed by atoms with E-state index in [4.69, 9.17) is 0 Å². The summed E-state index contributed by atoms with van der Waals surface area (Å²) < 4.78 is 0. The average molecular weight is 388 g/mol. The zero-order valence-electron chi connectivity index (χ0n) is 17.4. The van der Waals surface area contributed by atoms with Crippen molar-refractivity contribution >= 4 is 5.91 Å². The van der Waals surface area contributed by atoms with Gasteiger partial charge in [0.15, 0.2) is 0 Å². The second-order valence-corrected chi connectivity index (χ2v) is 9.67. The summed E-state index contributed by atoms with van der Waals surface area (Å²) in [6.45, 7) is 0.899. The molecule has 0 saturated heterocycles. The number of benzene rings is 2. The first-order chi connectivity index (χ1) is 14.3. The van der Waals surface area contributed by atoms with Crippen molar-refractivity contribution in [3.8, 4) is 0 Å². The minimum absolute atomic E-state index is 0.227. The third-order valence-electron chi connectivity index (χ3n) is 8.29. The van der Waals surface area contributed by atoms with Gasteiger partial charge in [0.2, 0.25) is 5.91 Å². The molecule has 0 unspecified atom stereocenters. The molecule has 29 heavy (non-hydrogen) atoms. The Morgan fingerprint density at radius 2 is 1.79 bits per heavy atom. The van der Waals surface area contributed by atoms with Crippen molar-refractivity contribution in [1.82, 2.24) is 5.32 Å². The van der Waals surface area contributed by atoms with Crippen molar-refractivity contribution in [3.05, 3.63) is 71.3 Å². The Hall–Kier alpha value is -2.09. The standard InChI is InChI=1S/C27H33NO/c29-26(15-12-20-7-2-1-3-8-20)28-19-27-17-6-11-25(27)24-14-13-21-9-4-5-10-22(21)23(24)16-18-27/h1-5,7-10,23-25H,6,11-19H2,(H,28,29)/t23-,24-,25+,27+/m1/s1. The van der Waals surface area contributed by atoms with Crippen LogP contribution < -0.4 is 5.32 Å². The van der Waals surface area contributed by atoms with E-state index >= 15 is 0 Å². The first kappa shape index (κ1) is 18.9. The molecular formula is C27H33NO. The van der Waals surface area contributed by atoms with Crippen LogP contribution in [0.3, 0.4) is 0 Å². The maximum atomic E-state index is 12.6. The van der Waals surface area contributed by atoms with Gasteiger partial charge in [-0.05, 0) is 84.8 Å². The van der Waals surface area contributed by atoms with Crippen molar-refractivity contribution in [1.29, 1.82) is 0 Å². The van der Waals surface area contributed by atoms with Crippen molar-refractivity contribution in [2.45, 2.75) is 63.7 Å². The highest BCUT2D eigenvalue weighted by molar-refractivity contribution is 5.76. The molecule has 2 nitrogen and oxygen atoms in total. The van der Waals surface area contributed by atoms with Crippen LogP contribution in [0.5, 0.6) is 0 Å². The summed E-state index contributed by atoms with van der Waals surface area (Å²) in [6, 6.07) is 19.5. The van der Waals surface area contributed by atoms with Crippen molar-refractivity contribution in [2.75, 3.05) is 6.54 Å². The van der Waals surface area contributed by atoms with Gasteiger partial charge in [-0.25, -0.2) is 0 Å². The smallest absolute Gasteiger partial charge is 0.220 e. The lowest BCUT2D eigenvalue weighted by Gasteiger charge is -2.50. The number of carbonyl (C=O) groups is 1. The van der Waals surface area contributed by atoms with Crippen LogP contribution in [-0.2, 0) is 17.6 Å². The topological polar surface area (TPSA) is 29.1 Å². The third-order valence-corrected chi connectivity index (χ3v) is 8.29. The lowest BCUT2D eigenvalue weighted by molar-refractivity contribution is -0.122. The number of fused-ring (bicyclic) bond motifs is 5. The van der Waals surface area contributed by atoms with E-state index in [2.05, 4.69) is 53.8 Å². The number of amides is 1. The Labute approximate surface area is 175 Å². The van der Waals surface area contributed by atoms with Crippen LogP contribution in [0.15, 0.2) is 54.6 Å². The molecule has 0 heterocycles. The molecule has 0 aliphatic heterocycles. The highest BCUT2D eigenvalue weighted by Gasteiger charge is 2.52. The van der Waals surface area contributed by atoms with Crippen LogP contribution >= 0.6 is 0 Å². The van der Waals surface area contributed by atoms with E-state index < -0.39 is 0 Å². The van der Waals surface area contributed by atoms with E-state index in [1.807, 2.05) is 6.07 Å². The Kier molecular flexibility index (Phi) is 5.20. The van der Waals surface area contributed by atoms with E-state index in [-0.39, 0.29) is 5.91 Å². The van der Waals surface area contributed by atoms with Crippen molar-refractivity contribution in [3.63, 3.8) is 0 Å². The van der Waals surface area contributed by atoms with Gasteiger partial charge in [-0.2, -0.15) is 0 Å². The lowest BCUT2D eigenvalue weighted by atomic mass is 9.55. The fourth-order valence-corrected chi connectivity index (χ4v) is 6.89. The molecule has 2 aromatic carbocycles. The number of nitrogens with one attached hydrogen (secondary N) is 1. The predicted molar refractivity (Wildman–Crippen MR) is 118 cm³/mol. The molecule has 152 valence electrons. The second kappa shape index (κ2) is 7.97. The summed E-state index contributed by atoms with van der Waals surface area (Å²) in [6.07, 6.45) is 10.6. The van der Waals surface area contributed by atoms with E-state index in [0.717, 1.165) is 30.7 Å². The molecule has 1 amide bonds. The van der Waals surface area contributed by atoms with Crippen LogP contribution in [0.25, 0.3) is 0 Å². The largest absolute Gasteiger partial charge is 0.356 e. The van der Waals surface area contributed by atoms with Crippen LogP contribution in [0.1, 0.15) is 67.6 Å². The summed E-state index contributed by atoms with van der Waals surface area (Å²) in [5.41, 5.74) is 4.83. The van der Waals surface area contributed by atoms with Gasteiger partial charge in [-0.1, -0.05) is 61.0 Å². The fourth-order valence-electron chi connectivity index (χ4n) is 6.89. The van der Waals surface area contributed by atoms with Gasteiger partial charge >= 0.3 is 0 Å². The lowest BCUT2D eigenvalue weighted by Crippen LogP contribution is -2.47. The van der Waals surface area contributed by atoms with Gasteiger partial charge in [0.1, 0.15) is 0 Å². The van der Waals surface area contributed by atoms with E-state index in [0.29, 0.717) is 11.8 Å². The van der Waals surface area contributed by atoms with E-state index in [9.17, 15) is 4.79 Å². The monoisotopic (exact) mass is 387 g/mol. The Morgan fingerprint density at radius 1 is 0.966 bits per heavy atom. The highest BCUT2D eigenvalue weighted by atomic mass is 16.1. The number of hydrogen-bond acceptors (Lipinski definition) is 1. The molecule has 1 N–H and O–H groups in total. The minimum Gasteiger partial charge on any atom is -0.356 e. The molecule has 0 bridgehead atoms. The van der Waals surface area contributed by atoms with Crippen molar-refractivity contribution in [2.24, 2.45) is 17.3 Å². The Bertz CT molecular complexity index is 860. The summed E-state index contributed by atoms with van der Waals surface area (Å²) in [4.78, 5) is 12.6. The molecule has 2 aromatic rings.